The van der Waals surface area contributed by atoms with Crippen LogP contribution in [-0.2, 0) is 11.4 Å². The van der Waals surface area contributed by atoms with E-state index in [2.05, 4.69) is 6.92 Å². The Morgan fingerprint density at radius 1 is 1.00 bits per heavy atom. The second-order valence-electron chi connectivity index (χ2n) is 4.40. The molecule has 0 spiro atoms. The van der Waals surface area contributed by atoms with Crippen LogP contribution < -0.4 is 5.14 Å². The number of hydrogen-bond acceptors (Lipinski definition) is 2. The number of hydrogen-bond donors (Lipinski definition) is 1. The minimum Gasteiger partial charge on any atom is -0.598 e. The number of nitrogens with two attached hydrogens (primary N) is 1. The SMILES string of the molecule is CCCCCCCCCCC(C)[S+](N)[O-]. The van der Waals surface area contributed by atoms with E-state index < -0.39 is 11.4 Å². The summed E-state index contributed by atoms with van der Waals surface area (Å²) in [4.78, 5) is 0. The number of unbranched alkanes of at least 4 members (excludes halogenated alkanes) is 7. The molecule has 0 amide bonds. The van der Waals surface area contributed by atoms with Crippen molar-refractivity contribution in [2.75, 3.05) is 0 Å². The summed E-state index contributed by atoms with van der Waals surface area (Å²) in [6.07, 6.45) is 11.6. The molecule has 2 atom stereocenters. The molecular weight excluding hydrogens is 206 g/mol. The molecule has 0 rings (SSSR count). The van der Waals surface area contributed by atoms with Gasteiger partial charge in [0, 0.05) is 11.4 Å². The summed E-state index contributed by atoms with van der Waals surface area (Å²) in [5.41, 5.74) is 0. The molecule has 0 aliphatic carbocycles. The largest absolute Gasteiger partial charge is 0.598 e. The van der Waals surface area contributed by atoms with Crippen molar-refractivity contribution in [3.63, 3.8) is 0 Å². The second kappa shape index (κ2) is 10.8. The van der Waals surface area contributed by atoms with Crippen LogP contribution in [0.4, 0.5) is 0 Å². The van der Waals surface area contributed by atoms with Gasteiger partial charge in [0.1, 0.15) is 5.25 Å². The first-order valence-electron chi connectivity index (χ1n) is 6.33. The molecule has 0 aromatic heterocycles. The lowest BCUT2D eigenvalue weighted by Gasteiger charge is -2.11. The molecule has 0 aromatic carbocycles. The minimum atomic E-state index is -1.12. The van der Waals surface area contributed by atoms with Gasteiger partial charge < -0.3 is 4.55 Å². The van der Waals surface area contributed by atoms with E-state index in [9.17, 15) is 4.55 Å². The molecule has 0 heterocycles. The molecule has 0 aliphatic rings. The van der Waals surface area contributed by atoms with Gasteiger partial charge in [-0.2, -0.15) is 5.14 Å². The Bertz CT molecular complexity index is 131. The molecule has 0 fully saturated rings. The first kappa shape index (κ1) is 15.3. The molecule has 0 aromatic rings. The first-order chi connectivity index (χ1) is 7.18. The highest BCUT2D eigenvalue weighted by Gasteiger charge is 2.11. The Morgan fingerprint density at radius 2 is 1.47 bits per heavy atom. The Hall–Kier alpha value is 0.270. The zero-order chi connectivity index (χ0) is 11.5. The average Bonchev–Trinajstić information content (AvgIpc) is 2.21. The molecule has 0 bridgehead atoms. The third-order valence-electron chi connectivity index (χ3n) is 2.86. The highest BCUT2D eigenvalue weighted by atomic mass is 32.2. The molecule has 15 heavy (non-hydrogen) atoms. The maximum absolute atomic E-state index is 10.9. The maximum Gasteiger partial charge on any atom is 0.132 e. The summed E-state index contributed by atoms with van der Waals surface area (Å²) in [5, 5.41) is 5.48. The fraction of sp³-hybridized carbons (Fsp3) is 1.00. The zero-order valence-electron chi connectivity index (χ0n) is 10.3. The molecule has 0 radical (unpaired) electrons. The van der Waals surface area contributed by atoms with Gasteiger partial charge in [-0.15, -0.1) is 0 Å². The first-order valence-corrected chi connectivity index (χ1v) is 7.61. The number of rotatable bonds is 10. The van der Waals surface area contributed by atoms with Crippen molar-refractivity contribution in [1.29, 1.82) is 0 Å². The van der Waals surface area contributed by atoms with Gasteiger partial charge in [0.15, 0.2) is 0 Å². The molecule has 0 saturated carbocycles. The van der Waals surface area contributed by atoms with E-state index in [0.717, 1.165) is 6.42 Å². The third kappa shape index (κ3) is 10.6. The van der Waals surface area contributed by atoms with Crippen LogP contribution in [0.2, 0.25) is 0 Å². The van der Waals surface area contributed by atoms with Gasteiger partial charge >= 0.3 is 0 Å². The van der Waals surface area contributed by atoms with Crippen LogP contribution in [0.25, 0.3) is 0 Å². The normalized spacial score (nSPS) is 15.2. The lowest BCUT2D eigenvalue weighted by Crippen LogP contribution is -2.25. The summed E-state index contributed by atoms with van der Waals surface area (Å²) in [6.45, 7) is 4.21. The molecule has 92 valence electrons. The van der Waals surface area contributed by atoms with Crippen molar-refractivity contribution in [3.8, 4) is 0 Å². The Labute approximate surface area is 98.3 Å². The van der Waals surface area contributed by atoms with Gasteiger partial charge in [0.25, 0.3) is 0 Å². The molecule has 2 N–H and O–H groups in total. The topological polar surface area (TPSA) is 49.1 Å². The van der Waals surface area contributed by atoms with Crippen molar-refractivity contribution >= 4 is 11.4 Å². The predicted octanol–water partition coefficient (Wildman–Crippen LogP) is 3.53. The van der Waals surface area contributed by atoms with E-state index in [1.54, 1.807) is 0 Å². The van der Waals surface area contributed by atoms with Crippen molar-refractivity contribution in [1.82, 2.24) is 0 Å². The molecule has 0 saturated heterocycles. The van der Waals surface area contributed by atoms with Crippen LogP contribution in [0.5, 0.6) is 0 Å². The highest BCUT2D eigenvalue weighted by Crippen LogP contribution is 2.12. The lowest BCUT2D eigenvalue weighted by molar-refractivity contribution is 0.546. The van der Waals surface area contributed by atoms with E-state index in [-0.39, 0.29) is 5.25 Å². The van der Waals surface area contributed by atoms with Crippen LogP contribution in [-0.4, -0.2) is 9.80 Å². The highest BCUT2D eigenvalue weighted by molar-refractivity contribution is 7.89. The van der Waals surface area contributed by atoms with Crippen molar-refractivity contribution in [2.45, 2.75) is 76.9 Å². The smallest absolute Gasteiger partial charge is 0.132 e. The monoisotopic (exact) mass is 233 g/mol. The molecule has 3 heteroatoms. The third-order valence-corrected chi connectivity index (χ3v) is 3.89. The van der Waals surface area contributed by atoms with Gasteiger partial charge in [-0.3, -0.25) is 0 Å². The summed E-state index contributed by atoms with van der Waals surface area (Å²) in [7, 11) is 0. The van der Waals surface area contributed by atoms with Crippen LogP contribution in [0, 0.1) is 0 Å². The van der Waals surface area contributed by atoms with E-state index in [1.807, 2.05) is 6.92 Å². The van der Waals surface area contributed by atoms with Crippen LogP contribution >= 0.6 is 0 Å². The molecule has 2 nitrogen and oxygen atoms in total. The van der Waals surface area contributed by atoms with Crippen molar-refractivity contribution in [2.24, 2.45) is 5.14 Å². The van der Waals surface area contributed by atoms with Gasteiger partial charge in [-0.05, 0) is 19.8 Å². The quantitative estimate of drug-likeness (QED) is 0.463. The van der Waals surface area contributed by atoms with Gasteiger partial charge in [-0.1, -0.05) is 51.9 Å². The fourth-order valence-corrected chi connectivity index (χ4v) is 2.08. The van der Waals surface area contributed by atoms with E-state index in [1.165, 1.54) is 51.4 Å². The van der Waals surface area contributed by atoms with Crippen molar-refractivity contribution in [3.05, 3.63) is 0 Å². The van der Waals surface area contributed by atoms with Crippen LogP contribution in [0.3, 0.4) is 0 Å². The van der Waals surface area contributed by atoms with E-state index in [4.69, 9.17) is 5.14 Å². The summed E-state index contributed by atoms with van der Waals surface area (Å²) >= 11 is -1.12. The summed E-state index contributed by atoms with van der Waals surface area (Å²) in [5.74, 6) is 0. The minimum absolute atomic E-state index is 0.171. The Balaban J connectivity index is 3.05. The average molecular weight is 233 g/mol. The second-order valence-corrected chi connectivity index (χ2v) is 5.86. The summed E-state index contributed by atoms with van der Waals surface area (Å²) < 4.78 is 10.9. The zero-order valence-corrected chi connectivity index (χ0v) is 11.2. The van der Waals surface area contributed by atoms with Gasteiger partial charge in [0.05, 0.1) is 0 Å². The maximum atomic E-state index is 10.9. The van der Waals surface area contributed by atoms with E-state index in [0.29, 0.717) is 0 Å². The Morgan fingerprint density at radius 3 is 1.93 bits per heavy atom. The summed E-state index contributed by atoms with van der Waals surface area (Å²) in [6, 6.07) is 0. The molecule has 2 unspecified atom stereocenters. The molecule has 0 aliphatic heterocycles. The van der Waals surface area contributed by atoms with E-state index >= 15 is 0 Å². The lowest BCUT2D eigenvalue weighted by atomic mass is 10.1. The van der Waals surface area contributed by atoms with Gasteiger partial charge in [-0.25, -0.2) is 0 Å². The van der Waals surface area contributed by atoms with Gasteiger partial charge in [0.2, 0.25) is 0 Å². The predicted molar refractivity (Wildman–Crippen MR) is 69.0 cm³/mol. The Kier molecular flexibility index (Phi) is 11.0. The van der Waals surface area contributed by atoms with Crippen LogP contribution in [0.15, 0.2) is 0 Å². The van der Waals surface area contributed by atoms with Crippen molar-refractivity contribution < 1.29 is 4.55 Å². The molecular formula is C12H27NOS. The van der Waals surface area contributed by atoms with Crippen LogP contribution in [0.1, 0.15) is 71.6 Å². The standard InChI is InChI=1S/C12H27NOS/c1-3-4-5-6-7-8-9-10-11-12(2)15(13)14/h12H,3-11,13H2,1-2H3. The fourth-order valence-electron chi connectivity index (χ4n) is 1.68.